The Kier molecular flexibility index (Phi) is 6.55. The third kappa shape index (κ3) is 5.76. The Morgan fingerprint density at radius 2 is 1.88 bits per heavy atom. The van der Waals surface area contributed by atoms with E-state index in [1.807, 2.05) is 31.2 Å². The van der Waals surface area contributed by atoms with Crippen LogP contribution in [0.1, 0.15) is 23.7 Å². The number of rotatable bonds is 8. The predicted molar refractivity (Wildman–Crippen MR) is 114 cm³/mol. The maximum Gasteiger partial charge on any atom is 0.227 e. The number of aromatic amines is 1. The summed E-state index contributed by atoms with van der Waals surface area (Å²) in [6.07, 6.45) is 0.216. The highest BCUT2D eigenvalue weighted by atomic mass is 32.2. The van der Waals surface area contributed by atoms with Crippen LogP contribution in [0.5, 0.6) is 0 Å². The van der Waals surface area contributed by atoms with Crippen molar-refractivity contribution in [2.75, 3.05) is 5.32 Å². The van der Waals surface area contributed by atoms with E-state index in [0.717, 1.165) is 29.3 Å². The van der Waals surface area contributed by atoms with Gasteiger partial charge in [-0.05, 0) is 19.1 Å². The van der Waals surface area contributed by atoms with Crippen LogP contribution < -0.4 is 5.32 Å². The minimum absolute atomic E-state index is 0.0216. The maximum absolute atomic E-state index is 13.2. The van der Waals surface area contributed by atoms with Crippen LogP contribution in [0.15, 0.2) is 52.1 Å². The lowest BCUT2D eigenvalue weighted by molar-refractivity contribution is -0.116. The lowest BCUT2D eigenvalue weighted by Crippen LogP contribution is -2.12. The molecule has 2 aromatic heterocycles. The number of nitrogens with zero attached hydrogens (tertiary/aromatic N) is 4. The molecule has 0 radical (unpaired) electrons. The normalized spacial score (nSPS) is 11.0. The molecule has 1 amide bonds. The fourth-order valence-electron chi connectivity index (χ4n) is 2.80. The lowest BCUT2D eigenvalue weighted by atomic mass is 10.1. The summed E-state index contributed by atoms with van der Waals surface area (Å²) >= 11 is 1.35. The number of carbonyl (C=O) groups is 1. The van der Waals surface area contributed by atoms with Crippen LogP contribution in [0.2, 0.25) is 0 Å². The van der Waals surface area contributed by atoms with E-state index in [1.54, 1.807) is 0 Å². The second-order valence-electron chi connectivity index (χ2n) is 6.93. The number of anilines is 1. The van der Waals surface area contributed by atoms with Crippen molar-refractivity contribution in [3.8, 4) is 11.4 Å². The smallest absolute Gasteiger partial charge is 0.227 e. The highest BCUT2D eigenvalue weighted by molar-refractivity contribution is 7.98. The van der Waals surface area contributed by atoms with E-state index in [2.05, 4.69) is 30.6 Å². The molecule has 0 saturated heterocycles. The highest BCUT2D eigenvalue weighted by Crippen LogP contribution is 2.22. The molecule has 164 valence electrons. The number of H-pyrrole nitrogens is 1. The van der Waals surface area contributed by atoms with Gasteiger partial charge in [0.25, 0.3) is 0 Å². The fourth-order valence-corrected chi connectivity index (χ4v) is 3.44. The number of halogens is 2. The van der Waals surface area contributed by atoms with Gasteiger partial charge in [-0.2, -0.15) is 4.98 Å². The van der Waals surface area contributed by atoms with Crippen molar-refractivity contribution in [3.05, 3.63) is 71.4 Å². The summed E-state index contributed by atoms with van der Waals surface area (Å²) in [5.41, 5.74) is 2.15. The number of benzene rings is 2. The number of thioether (sulfide) groups is 1. The summed E-state index contributed by atoms with van der Waals surface area (Å²) < 4.78 is 31.5. The Bertz CT molecular complexity index is 1210. The van der Waals surface area contributed by atoms with Crippen molar-refractivity contribution in [3.63, 3.8) is 0 Å². The molecule has 2 N–H and O–H groups in total. The van der Waals surface area contributed by atoms with Gasteiger partial charge < -0.3 is 9.84 Å². The first-order valence-electron chi connectivity index (χ1n) is 9.64. The van der Waals surface area contributed by atoms with E-state index in [4.69, 9.17) is 4.52 Å². The van der Waals surface area contributed by atoms with Crippen molar-refractivity contribution < 1.29 is 18.1 Å². The molecule has 0 unspecified atom stereocenters. The van der Waals surface area contributed by atoms with Crippen molar-refractivity contribution in [1.82, 2.24) is 25.3 Å². The standard InChI is InChI=1S/C21H18F2N6O2S/c1-12-2-4-13(5-3-12)20-26-21(28-27-20)32-11-17-25-19(31-29-17)7-6-18(30)24-16-9-14(22)8-15(23)10-16/h2-5,8-10H,6-7,11H2,1H3,(H,24,30)(H,26,27,28). The van der Waals surface area contributed by atoms with Crippen LogP contribution >= 0.6 is 11.8 Å². The van der Waals surface area contributed by atoms with Crippen LogP contribution in [-0.4, -0.2) is 31.2 Å². The zero-order valence-corrected chi connectivity index (χ0v) is 17.7. The van der Waals surface area contributed by atoms with E-state index in [0.29, 0.717) is 22.6 Å². The molecule has 32 heavy (non-hydrogen) atoms. The van der Waals surface area contributed by atoms with Gasteiger partial charge in [0, 0.05) is 30.2 Å². The van der Waals surface area contributed by atoms with Crippen molar-refractivity contribution in [2.45, 2.75) is 30.7 Å². The Labute approximate surface area is 185 Å². The topological polar surface area (TPSA) is 110 Å². The molecule has 2 heterocycles. The number of nitrogens with one attached hydrogen (secondary N) is 2. The number of aromatic nitrogens is 5. The molecular formula is C21H18F2N6O2S. The van der Waals surface area contributed by atoms with E-state index in [-0.39, 0.29) is 24.4 Å². The molecule has 4 rings (SSSR count). The van der Waals surface area contributed by atoms with Crippen LogP contribution in [0.25, 0.3) is 11.4 Å². The first kappa shape index (κ1) is 21.6. The summed E-state index contributed by atoms with van der Waals surface area (Å²) in [5.74, 6) is -0.160. The minimum Gasteiger partial charge on any atom is -0.339 e. The quantitative estimate of drug-likeness (QED) is 0.380. The SMILES string of the molecule is Cc1ccc(-c2nc(SCc3noc(CCC(=O)Nc4cc(F)cc(F)c4)n3)n[nH]2)cc1. The molecule has 0 saturated carbocycles. The Hall–Kier alpha value is -3.60. The van der Waals surface area contributed by atoms with Crippen LogP contribution in [0.4, 0.5) is 14.5 Å². The molecule has 11 heteroatoms. The number of hydrogen-bond donors (Lipinski definition) is 2. The summed E-state index contributed by atoms with van der Waals surface area (Å²) in [4.78, 5) is 20.7. The van der Waals surface area contributed by atoms with Crippen molar-refractivity contribution in [1.29, 1.82) is 0 Å². The van der Waals surface area contributed by atoms with E-state index in [1.165, 1.54) is 11.8 Å². The van der Waals surface area contributed by atoms with E-state index >= 15 is 0 Å². The molecular weight excluding hydrogens is 438 g/mol. The van der Waals surface area contributed by atoms with Crippen LogP contribution in [-0.2, 0) is 17.0 Å². The number of carbonyl (C=O) groups excluding carboxylic acids is 1. The summed E-state index contributed by atoms with van der Waals surface area (Å²) in [6.45, 7) is 2.02. The molecule has 0 aliphatic heterocycles. The lowest BCUT2D eigenvalue weighted by Gasteiger charge is -2.04. The van der Waals surface area contributed by atoms with Gasteiger partial charge in [-0.1, -0.05) is 46.7 Å². The summed E-state index contributed by atoms with van der Waals surface area (Å²) in [6, 6.07) is 10.7. The third-order valence-electron chi connectivity index (χ3n) is 4.34. The van der Waals surface area contributed by atoms with E-state index < -0.39 is 17.5 Å². The molecule has 0 aliphatic rings. The monoisotopic (exact) mass is 456 g/mol. The molecule has 0 atom stereocenters. The summed E-state index contributed by atoms with van der Waals surface area (Å²) in [5, 5.41) is 14.0. The predicted octanol–water partition coefficient (Wildman–Crippen LogP) is 4.30. The second kappa shape index (κ2) is 9.69. The van der Waals surface area contributed by atoms with Gasteiger partial charge in [-0.15, -0.1) is 5.10 Å². The molecule has 0 fully saturated rings. The second-order valence-corrected chi connectivity index (χ2v) is 7.87. The molecule has 8 nitrogen and oxygen atoms in total. The molecule has 2 aromatic carbocycles. The molecule has 0 spiro atoms. The molecule has 0 bridgehead atoms. The summed E-state index contributed by atoms with van der Waals surface area (Å²) in [7, 11) is 0. The first-order chi connectivity index (χ1) is 15.4. The van der Waals surface area contributed by atoms with Gasteiger partial charge in [-0.3, -0.25) is 9.89 Å². The Balaban J connectivity index is 1.26. The fraction of sp³-hybridized carbons (Fsp3) is 0.190. The minimum atomic E-state index is -0.767. The Morgan fingerprint density at radius 3 is 2.62 bits per heavy atom. The van der Waals surface area contributed by atoms with Gasteiger partial charge in [0.05, 0.1) is 5.75 Å². The number of hydrogen-bond acceptors (Lipinski definition) is 7. The van der Waals surface area contributed by atoms with Gasteiger partial charge in [0.15, 0.2) is 11.6 Å². The first-order valence-corrected chi connectivity index (χ1v) is 10.6. The van der Waals surface area contributed by atoms with E-state index in [9.17, 15) is 13.6 Å². The Morgan fingerprint density at radius 1 is 1.12 bits per heavy atom. The molecule has 4 aromatic rings. The van der Waals surface area contributed by atoms with Crippen molar-refractivity contribution >= 4 is 23.4 Å². The van der Waals surface area contributed by atoms with Gasteiger partial charge in [0.2, 0.25) is 17.0 Å². The van der Waals surface area contributed by atoms with Crippen molar-refractivity contribution in [2.24, 2.45) is 0 Å². The zero-order chi connectivity index (χ0) is 22.5. The van der Waals surface area contributed by atoms with Gasteiger partial charge >= 0.3 is 0 Å². The third-order valence-corrected chi connectivity index (χ3v) is 5.19. The average molecular weight is 456 g/mol. The largest absolute Gasteiger partial charge is 0.339 e. The zero-order valence-electron chi connectivity index (χ0n) is 16.9. The number of amides is 1. The molecule has 0 aliphatic carbocycles. The van der Waals surface area contributed by atoms with Gasteiger partial charge in [-0.25, -0.2) is 13.8 Å². The van der Waals surface area contributed by atoms with Crippen LogP contribution in [0, 0.1) is 18.6 Å². The van der Waals surface area contributed by atoms with Crippen LogP contribution in [0.3, 0.4) is 0 Å². The van der Waals surface area contributed by atoms with Gasteiger partial charge in [0.1, 0.15) is 11.6 Å². The average Bonchev–Trinajstić information content (AvgIpc) is 3.40. The highest BCUT2D eigenvalue weighted by Gasteiger charge is 2.12. The number of aryl methyl sites for hydroxylation is 2. The maximum atomic E-state index is 13.2.